The van der Waals surface area contributed by atoms with Gasteiger partial charge in [0.25, 0.3) is 0 Å². The van der Waals surface area contributed by atoms with Crippen molar-refractivity contribution in [1.82, 2.24) is 0 Å². The van der Waals surface area contributed by atoms with Crippen molar-refractivity contribution >= 4 is 11.8 Å². The zero-order chi connectivity index (χ0) is 10.8. The lowest BCUT2D eigenvalue weighted by molar-refractivity contribution is -0.157. The molecule has 0 spiro atoms. The number of Topliss-reactive ketones (excluding diaryl/α,β-unsaturated/α-hetero) is 1. The summed E-state index contributed by atoms with van der Waals surface area (Å²) in [5, 5.41) is 0. The highest BCUT2D eigenvalue weighted by atomic mass is 16.5. The molecule has 1 atom stereocenters. The van der Waals surface area contributed by atoms with Crippen molar-refractivity contribution in [1.29, 1.82) is 0 Å². The van der Waals surface area contributed by atoms with Crippen molar-refractivity contribution < 1.29 is 14.3 Å². The smallest absolute Gasteiger partial charge is 0.311 e. The first kappa shape index (κ1) is 11.2. The van der Waals surface area contributed by atoms with E-state index in [0.717, 1.165) is 19.3 Å². The van der Waals surface area contributed by atoms with Gasteiger partial charge in [-0.1, -0.05) is 6.42 Å². The Labute approximate surface area is 84.8 Å². The number of hydrogen-bond acceptors (Lipinski definition) is 3. The van der Waals surface area contributed by atoms with Gasteiger partial charge in [0.15, 0.2) is 0 Å². The topological polar surface area (TPSA) is 43.4 Å². The largest absolute Gasteiger partial charge is 0.469 e. The van der Waals surface area contributed by atoms with Gasteiger partial charge >= 0.3 is 5.97 Å². The van der Waals surface area contributed by atoms with E-state index in [2.05, 4.69) is 0 Å². The molecule has 0 aromatic carbocycles. The van der Waals surface area contributed by atoms with Crippen LogP contribution in [0.3, 0.4) is 0 Å². The first-order chi connectivity index (χ1) is 6.50. The van der Waals surface area contributed by atoms with E-state index in [-0.39, 0.29) is 17.7 Å². The van der Waals surface area contributed by atoms with Crippen molar-refractivity contribution in [2.75, 3.05) is 7.11 Å². The predicted octanol–water partition coefficient (Wildman–Crippen LogP) is 1.94. The molecule has 0 aromatic heterocycles. The molecule has 0 heterocycles. The van der Waals surface area contributed by atoms with Crippen LogP contribution in [0.15, 0.2) is 0 Å². The van der Waals surface area contributed by atoms with Crippen molar-refractivity contribution in [2.24, 2.45) is 11.3 Å². The lowest BCUT2D eigenvalue weighted by Gasteiger charge is -2.33. The summed E-state index contributed by atoms with van der Waals surface area (Å²) in [6, 6.07) is 0. The number of carbonyl (C=O) groups is 2. The zero-order valence-corrected chi connectivity index (χ0v) is 9.13. The Bertz CT molecular complexity index is 243. The normalized spacial score (nSPS) is 23.4. The quantitative estimate of drug-likeness (QED) is 0.637. The lowest BCUT2D eigenvalue weighted by Crippen LogP contribution is -2.40. The fraction of sp³-hybridized carbons (Fsp3) is 0.818. The number of hydrogen-bond donors (Lipinski definition) is 0. The van der Waals surface area contributed by atoms with Gasteiger partial charge in [0, 0.05) is 12.3 Å². The van der Waals surface area contributed by atoms with Crippen LogP contribution in [0.1, 0.15) is 39.5 Å². The molecule has 1 aliphatic rings. The highest BCUT2D eigenvalue weighted by Crippen LogP contribution is 2.36. The summed E-state index contributed by atoms with van der Waals surface area (Å²) in [7, 11) is 1.37. The summed E-state index contributed by atoms with van der Waals surface area (Å²) in [4.78, 5) is 23.2. The lowest BCUT2D eigenvalue weighted by atomic mass is 9.70. The molecule has 3 nitrogen and oxygen atoms in total. The zero-order valence-electron chi connectivity index (χ0n) is 9.13. The molecule has 0 N–H and O–H groups in total. The minimum atomic E-state index is -0.660. The third-order valence-electron chi connectivity index (χ3n) is 3.14. The molecular weight excluding hydrogens is 180 g/mol. The van der Waals surface area contributed by atoms with Gasteiger partial charge in [-0.15, -0.1) is 0 Å². The molecule has 0 aromatic rings. The molecule has 0 saturated heterocycles. The maximum atomic E-state index is 11.7. The monoisotopic (exact) mass is 198 g/mol. The first-order valence-electron chi connectivity index (χ1n) is 5.11. The van der Waals surface area contributed by atoms with Crippen LogP contribution in [0.25, 0.3) is 0 Å². The molecule has 80 valence electrons. The molecule has 1 rings (SSSR count). The number of ketones is 1. The summed E-state index contributed by atoms with van der Waals surface area (Å²) in [6.45, 7) is 3.60. The average Bonchev–Trinajstić information content (AvgIpc) is 2.17. The minimum absolute atomic E-state index is 0.149. The van der Waals surface area contributed by atoms with E-state index in [4.69, 9.17) is 4.74 Å². The molecule has 0 bridgehead atoms. The Morgan fingerprint density at radius 3 is 2.57 bits per heavy atom. The maximum absolute atomic E-state index is 11.7. The maximum Gasteiger partial charge on any atom is 0.311 e. The van der Waals surface area contributed by atoms with Gasteiger partial charge < -0.3 is 4.74 Å². The molecule has 14 heavy (non-hydrogen) atoms. The van der Waals surface area contributed by atoms with Crippen molar-refractivity contribution in [3.05, 3.63) is 0 Å². The number of ether oxygens (including phenoxy) is 1. The van der Waals surface area contributed by atoms with Crippen LogP contribution in [0.5, 0.6) is 0 Å². The van der Waals surface area contributed by atoms with Crippen molar-refractivity contribution in [3.63, 3.8) is 0 Å². The van der Waals surface area contributed by atoms with E-state index >= 15 is 0 Å². The highest BCUT2D eigenvalue weighted by Gasteiger charge is 2.42. The number of carbonyl (C=O) groups excluding carboxylic acids is 2. The van der Waals surface area contributed by atoms with Crippen LogP contribution < -0.4 is 0 Å². The molecule has 1 aliphatic carbocycles. The van der Waals surface area contributed by atoms with Gasteiger partial charge in [-0.2, -0.15) is 0 Å². The SMILES string of the molecule is COC(=O)C(C)(C)C1CCCCC1=O. The van der Waals surface area contributed by atoms with Crippen LogP contribution in [-0.4, -0.2) is 18.9 Å². The van der Waals surface area contributed by atoms with Gasteiger partial charge in [0.05, 0.1) is 12.5 Å². The molecule has 3 heteroatoms. The summed E-state index contributed by atoms with van der Waals surface area (Å²) < 4.78 is 4.73. The third kappa shape index (κ3) is 1.97. The van der Waals surface area contributed by atoms with Crippen LogP contribution in [0, 0.1) is 11.3 Å². The van der Waals surface area contributed by atoms with Crippen molar-refractivity contribution in [3.8, 4) is 0 Å². The Hall–Kier alpha value is -0.860. The van der Waals surface area contributed by atoms with E-state index in [0.29, 0.717) is 6.42 Å². The summed E-state index contributed by atoms with van der Waals surface area (Å²) in [5.41, 5.74) is -0.660. The van der Waals surface area contributed by atoms with Crippen LogP contribution >= 0.6 is 0 Å². The summed E-state index contributed by atoms with van der Waals surface area (Å²) in [5.74, 6) is -0.215. The fourth-order valence-corrected chi connectivity index (χ4v) is 2.15. The first-order valence-corrected chi connectivity index (χ1v) is 5.11. The Morgan fingerprint density at radius 1 is 1.43 bits per heavy atom. The second-order valence-electron chi connectivity index (χ2n) is 4.48. The van der Waals surface area contributed by atoms with E-state index in [9.17, 15) is 9.59 Å². The van der Waals surface area contributed by atoms with Gasteiger partial charge in [0.2, 0.25) is 0 Å². The highest BCUT2D eigenvalue weighted by molar-refractivity contribution is 5.89. The number of esters is 1. The third-order valence-corrected chi connectivity index (χ3v) is 3.14. The predicted molar refractivity (Wildman–Crippen MR) is 52.8 cm³/mol. The summed E-state index contributed by atoms with van der Waals surface area (Å²) >= 11 is 0. The van der Waals surface area contributed by atoms with E-state index in [1.165, 1.54) is 7.11 Å². The Balaban J connectivity index is 2.79. The molecule has 1 saturated carbocycles. The van der Waals surface area contributed by atoms with Crippen LogP contribution in [0.4, 0.5) is 0 Å². The molecule has 0 aliphatic heterocycles. The van der Waals surface area contributed by atoms with Gasteiger partial charge in [-0.3, -0.25) is 9.59 Å². The van der Waals surface area contributed by atoms with E-state index in [1.54, 1.807) is 13.8 Å². The van der Waals surface area contributed by atoms with Gasteiger partial charge in [-0.05, 0) is 26.7 Å². The van der Waals surface area contributed by atoms with E-state index in [1.807, 2.05) is 0 Å². The molecule has 0 amide bonds. The Kier molecular flexibility index (Phi) is 3.29. The number of rotatable bonds is 2. The second-order valence-corrected chi connectivity index (χ2v) is 4.48. The standard InChI is InChI=1S/C11H18O3/c1-11(2,10(13)14-3)8-6-4-5-7-9(8)12/h8H,4-7H2,1-3H3. The average molecular weight is 198 g/mol. The Morgan fingerprint density at radius 2 is 2.07 bits per heavy atom. The molecule has 1 fully saturated rings. The number of methoxy groups -OCH3 is 1. The fourth-order valence-electron chi connectivity index (χ4n) is 2.15. The van der Waals surface area contributed by atoms with Gasteiger partial charge in [-0.25, -0.2) is 0 Å². The molecule has 0 radical (unpaired) electrons. The van der Waals surface area contributed by atoms with Crippen LogP contribution in [0.2, 0.25) is 0 Å². The minimum Gasteiger partial charge on any atom is -0.469 e. The van der Waals surface area contributed by atoms with Crippen LogP contribution in [-0.2, 0) is 14.3 Å². The van der Waals surface area contributed by atoms with Crippen molar-refractivity contribution in [2.45, 2.75) is 39.5 Å². The molecular formula is C11H18O3. The van der Waals surface area contributed by atoms with E-state index < -0.39 is 5.41 Å². The second kappa shape index (κ2) is 4.11. The molecule has 1 unspecified atom stereocenters. The summed E-state index contributed by atoms with van der Waals surface area (Å²) in [6.07, 6.45) is 3.44. The van der Waals surface area contributed by atoms with Gasteiger partial charge in [0.1, 0.15) is 5.78 Å².